The van der Waals surface area contributed by atoms with Crippen molar-refractivity contribution in [2.75, 3.05) is 38.6 Å². The van der Waals surface area contributed by atoms with Crippen molar-refractivity contribution in [3.63, 3.8) is 0 Å². The number of anilines is 1. The zero-order valence-corrected chi connectivity index (χ0v) is 16.2. The molecule has 8 heteroatoms. The van der Waals surface area contributed by atoms with Crippen LogP contribution in [0.4, 0.5) is 5.69 Å². The van der Waals surface area contributed by atoms with E-state index in [0.29, 0.717) is 35.4 Å². The molecule has 3 rings (SSSR count). The SMILES string of the molecule is CN(CC(=O)NC[C@H]1COc2ccccc2O1)CC(=O)Nc1ccc(Cl)cc1. The lowest BCUT2D eigenvalue weighted by molar-refractivity contribution is -0.123. The molecule has 28 heavy (non-hydrogen) atoms. The molecule has 2 aromatic carbocycles. The van der Waals surface area contributed by atoms with Crippen LogP contribution in [0, 0.1) is 0 Å². The van der Waals surface area contributed by atoms with Gasteiger partial charge in [0.05, 0.1) is 19.6 Å². The maximum absolute atomic E-state index is 12.1. The first-order valence-electron chi connectivity index (χ1n) is 8.89. The van der Waals surface area contributed by atoms with E-state index in [2.05, 4.69) is 10.6 Å². The molecule has 148 valence electrons. The van der Waals surface area contributed by atoms with Crippen molar-refractivity contribution >= 4 is 29.1 Å². The van der Waals surface area contributed by atoms with Gasteiger partial charge < -0.3 is 20.1 Å². The van der Waals surface area contributed by atoms with E-state index in [1.807, 2.05) is 24.3 Å². The summed E-state index contributed by atoms with van der Waals surface area (Å²) in [5, 5.41) is 6.17. The number of para-hydroxylation sites is 2. The van der Waals surface area contributed by atoms with Gasteiger partial charge in [-0.05, 0) is 43.4 Å². The third-order valence-corrected chi connectivity index (χ3v) is 4.30. The van der Waals surface area contributed by atoms with Crippen molar-refractivity contribution in [2.45, 2.75) is 6.10 Å². The van der Waals surface area contributed by atoms with E-state index in [4.69, 9.17) is 21.1 Å². The van der Waals surface area contributed by atoms with E-state index in [-0.39, 0.29) is 31.0 Å². The van der Waals surface area contributed by atoms with Crippen LogP contribution in [0.2, 0.25) is 5.02 Å². The Balaban J connectivity index is 1.37. The number of halogens is 1. The molecule has 0 aliphatic carbocycles. The number of carbonyl (C=O) groups is 2. The highest BCUT2D eigenvalue weighted by molar-refractivity contribution is 6.30. The van der Waals surface area contributed by atoms with Gasteiger partial charge in [-0.1, -0.05) is 23.7 Å². The lowest BCUT2D eigenvalue weighted by Crippen LogP contribution is -2.44. The van der Waals surface area contributed by atoms with Crippen LogP contribution in [0.3, 0.4) is 0 Å². The van der Waals surface area contributed by atoms with Crippen LogP contribution in [0.1, 0.15) is 0 Å². The Bertz CT molecular complexity index is 828. The van der Waals surface area contributed by atoms with Crippen molar-refractivity contribution < 1.29 is 19.1 Å². The molecule has 0 bridgehead atoms. The second-order valence-electron chi connectivity index (χ2n) is 6.53. The number of amides is 2. The Labute approximate surface area is 168 Å². The Morgan fingerprint density at radius 1 is 1.07 bits per heavy atom. The number of rotatable bonds is 7. The molecule has 2 aromatic rings. The third-order valence-electron chi connectivity index (χ3n) is 4.05. The number of fused-ring (bicyclic) bond motifs is 1. The predicted octanol–water partition coefficient (Wildman–Crippen LogP) is 2.17. The summed E-state index contributed by atoms with van der Waals surface area (Å²) in [6.07, 6.45) is -0.252. The quantitative estimate of drug-likeness (QED) is 0.740. The molecular formula is C20H22ClN3O4. The summed E-state index contributed by atoms with van der Waals surface area (Å²) in [4.78, 5) is 25.8. The molecule has 0 saturated heterocycles. The van der Waals surface area contributed by atoms with Crippen LogP contribution >= 0.6 is 11.6 Å². The fourth-order valence-electron chi connectivity index (χ4n) is 2.73. The number of hydrogen-bond donors (Lipinski definition) is 2. The van der Waals surface area contributed by atoms with Gasteiger partial charge in [0.15, 0.2) is 11.5 Å². The lowest BCUT2D eigenvalue weighted by atomic mass is 10.2. The summed E-state index contributed by atoms with van der Waals surface area (Å²) in [7, 11) is 1.71. The van der Waals surface area contributed by atoms with Crippen LogP contribution < -0.4 is 20.1 Å². The first-order chi connectivity index (χ1) is 13.5. The number of hydrogen-bond acceptors (Lipinski definition) is 5. The second kappa shape index (κ2) is 9.43. The molecule has 1 heterocycles. The van der Waals surface area contributed by atoms with Crippen LogP contribution in [-0.4, -0.2) is 56.1 Å². The zero-order valence-electron chi connectivity index (χ0n) is 15.5. The molecule has 0 saturated carbocycles. The van der Waals surface area contributed by atoms with Gasteiger partial charge in [0.1, 0.15) is 12.7 Å². The molecule has 0 fully saturated rings. The summed E-state index contributed by atoms with van der Waals surface area (Å²) in [5.41, 5.74) is 0.655. The van der Waals surface area contributed by atoms with Crippen LogP contribution in [0.25, 0.3) is 0 Å². The standard InChI is InChI=1S/C20H22ClN3O4/c1-24(12-20(26)23-15-8-6-14(21)7-9-15)11-19(25)22-10-16-13-27-17-4-2-3-5-18(17)28-16/h2-9,16H,10-13H2,1H3,(H,22,25)(H,23,26)/t16-/m0/s1. The minimum absolute atomic E-state index is 0.0897. The van der Waals surface area contributed by atoms with E-state index in [0.717, 1.165) is 0 Å². The molecule has 1 aliphatic heterocycles. The summed E-state index contributed by atoms with van der Waals surface area (Å²) in [5.74, 6) is 0.975. The van der Waals surface area contributed by atoms with Gasteiger partial charge in [-0.15, -0.1) is 0 Å². The highest BCUT2D eigenvalue weighted by Crippen LogP contribution is 2.30. The summed E-state index contributed by atoms with van der Waals surface area (Å²) >= 11 is 5.82. The first kappa shape index (κ1) is 20.0. The normalized spacial score (nSPS) is 15.2. The van der Waals surface area contributed by atoms with E-state index in [1.54, 1.807) is 36.2 Å². The van der Waals surface area contributed by atoms with Crippen molar-refractivity contribution in [2.24, 2.45) is 0 Å². The largest absolute Gasteiger partial charge is 0.486 e. The Morgan fingerprint density at radius 2 is 1.75 bits per heavy atom. The lowest BCUT2D eigenvalue weighted by Gasteiger charge is -2.26. The molecule has 1 atom stereocenters. The summed E-state index contributed by atoms with van der Waals surface area (Å²) in [6.45, 7) is 0.888. The van der Waals surface area contributed by atoms with E-state index < -0.39 is 0 Å². The Hall–Kier alpha value is -2.77. The monoisotopic (exact) mass is 403 g/mol. The van der Waals surface area contributed by atoms with Crippen molar-refractivity contribution in [1.29, 1.82) is 0 Å². The number of ether oxygens (including phenoxy) is 2. The number of nitrogens with one attached hydrogen (secondary N) is 2. The fraction of sp³-hybridized carbons (Fsp3) is 0.300. The number of nitrogens with zero attached hydrogens (tertiary/aromatic N) is 1. The van der Waals surface area contributed by atoms with Crippen LogP contribution in [0.15, 0.2) is 48.5 Å². The van der Waals surface area contributed by atoms with Gasteiger partial charge in [0, 0.05) is 10.7 Å². The molecule has 7 nitrogen and oxygen atoms in total. The smallest absolute Gasteiger partial charge is 0.238 e. The first-order valence-corrected chi connectivity index (χ1v) is 9.26. The Morgan fingerprint density at radius 3 is 2.50 bits per heavy atom. The topological polar surface area (TPSA) is 79.9 Å². The van der Waals surface area contributed by atoms with Gasteiger partial charge in [-0.2, -0.15) is 0 Å². The fourth-order valence-corrected chi connectivity index (χ4v) is 2.85. The third kappa shape index (κ3) is 5.87. The minimum Gasteiger partial charge on any atom is -0.486 e. The molecular weight excluding hydrogens is 382 g/mol. The van der Waals surface area contributed by atoms with Gasteiger partial charge in [-0.3, -0.25) is 14.5 Å². The minimum atomic E-state index is -0.252. The maximum Gasteiger partial charge on any atom is 0.238 e. The molecule has 2 amide bonds. The van der Waals surface area contributed by atoms with E-state index in [9.17, 15) is 9.59 Å². The van der Waals surface area contributed by atoms with Gasteiger partial charge >= 0.3 is 0 Å². The molecule has 0 unspecified atom stereocenters. The Kier molecular flexibility index (Phi) is 6.73. The second-order valence-corrected chi connectivity index (χ2v) is 6.97. The van der Waals surface area contributed by atoms with E-state index >= 15 is 0 Å². The van der Waals surface area contributed by atoms with Crippen LogP contribution in [-0.2, 0) is 9.59 Å². The van der Waals surface area contributed by atoms with Gasteiger partial charge in [0.2, 0.25) is 11.8 Å². The van der Waals surface area contributed by atoms with Crippen LogP contribution in [0.5, 0.6) is 11.5 Å². The number of benzene rings is 2. The molecule has 2 N–H and O–H groups in total. The highest BCUT2D eigenvalue weighted by Gasteiger charge is 2.21. The van der Waals surface area contributed by atoms with Gasteiger partial charge in [-0.25, -0.2) is 0 Å². The number of carbonyl (C=O) groups excluding carboxylic acids is 2. The maximum atomic E-state index is 12.1. The zero-order chi connectivity index (χ0) is 19.9. The van der Waals surface area contributed by atoms with Crippen molar-refractivity contribution in [3.8, 4) is 11.5 Å². The van der Waals surface area contributed by atoms with Crippen molar-refractivity contribution in [1.82, 2.24) is 10.2 Å². The molecule has 1 aliphatic rings. The van der Waals surface area contributed by atoms with E-state index in [1.165, 1.54) is 0 Å². The highest BCUT2D eigenvalue weighted by atomic mass is 35.5. The molecule has 0 spiro atoms. The summed E-state index contributed by atoms with van der Waals surface area (Å²) in [6, 6.07) is 14.3. The van der Waals surface area contributed by atoms with Gasteiger partial charge in [0.25, 0.3) is 0 Å². The number of likely N-dealkylation sites (N-methyl/N-ethyl adjacent to an activating group) is 1. The molecule has 0 radical (unpaired) electrons. The average Bonchev–Trinajstić information content (AvgIpc) is 2.68. The average molecular weight is 404 g/mol. The predicted molar refractivity (Wildman–Crippen MR) is 107 cm³/mol. The van der Waals surface area contributed by atoms with Crippen molar-refractivity contribution in [3.05, 3.63) is 53.6 Å². The summed E-state index contributed by atoms with van der Waals surface area (Å²) < 4.78 is 11.4. The molecule has 0 aromatic heterocycles.